The predicted molar refractivity (Wildman–Crippen MR) is 116 cm³/mol. The summed E-state index contributed by atoms with van der Waals surface area (Å²) in [6.07, 6.45) is 0.396. The van der Waals surface area contributed by atoms with Gasteiger partial charge in [-0.2, -0.15) is 0 Å². The Morgan fingerprint density at radius 3 is 2.17 bits per heavy atom. The highest BCUT2D eigenvalue weighted by atomic mass is 35.5. The molecule has 3 aromatic rings. The second-order valence-electron chi connectivity index (χ2n) is 6.87. The predicted octanol–water partition coefficient (Wildman–Crippen LogP) is 4.56. The van der Waals surface area contributed by atoms with Crippen molar-refractivity contribution >= 4 is 23.4 Å². The molecular weight excluding hydrogens is 384 g/mol. The second kappa shape index (κ2) is 9.89. The van der Waals surface area contributed by atoms with Gasteiger partial charge in [0.2, 0.25) is 5.91 Å². The zero-order valence-corrected chi connectivity index (χ0v) is 16.9. The van der Waals surface area contributed by atoms with E-state index in [0.717, 1.165) is 11.1 Å². The van der Waals surface area contributed by atoms with Crippen LogP contribution in [0.3, 0.4) is 0 Å². The fourth-order valence-corrected chi connectivity index (χ4v) is 3.26. The van der Waals surface area contributed by atoms with Gasteiger partial charge >= 0.3 is 0 Å². The second-order valence-corrected chi connectivity index (χ2v) is 7.30. The maximum absolute atomic E-state index is 13.0. The van der Waals surface area contributed by atoms with E-state index in [2.05, 4.69) is 10.6 Å². The van der Waals surface area contributed by atoms with Crippen molar-refractivity contribution in [3.8, 4) is 0 Å². The Kier molecular flexibility index (Phi) is 7.04. The molecule has 3 aromatic carbocycles. The number of carbonyl (C=O) groups is 2. The number of hydrogen-bond acceptors (Lipinski definition) is 2. The SMILES string of the molecule is CC(NC(=O)C(Cc1ccccc1)NC(=O)c1ccccc1)c1cccc(Cl)c1. The summed E-state index contributed by atoms with van der Waals surface area (Å²) in [5, 5.41) is 6.47. The Bertz CT molecular complexity index is 961. The van der Waals surface area contributed by atoms with E-state index in [1.807, 2.05) is 61.5 Å². The first-order valence-electron chi connectivity index (χ1n) is 9.48. The molecule has 148 valence electrons. The average molecular weight is 407 g/mol. The van der Waals surface area contributed by atoms with Crippen LogP contribution in [0.5, 0.6) is 0 Å². The lowest BCUT2D eigenvalue weighted by Crippen LogP contribution is -2.48. The van der Waals surface area contributed by atoms with Crippen molar-refractivity contribution in [3.05, 3.63) is 107 Å². The molecule has 0 aliphatic heterocycles. The summed E-state index contributed by atoms with van der Waals surface area (Å²) < 4.78 is 0. The summed E-state index contributed by atoms with van der Waals surface area (Å²) in [5.41, 5.74) is 2.39. The molecule has 0 aliphatic carbocycles. The highest BCUT2D eigenvalue weighted by molar-refractivity contribution is 6.30. The molecule has 0 aromatic heterocycles. The van der Waals surface area contributed by atoms with Gasteiger partial charge in [0.15, 0.2) is 0 Å². The summed E-state index contributed by atoms with van der Waals surface area (Å²) in [4.78, 5) is 25.7. The zero-order valence-electron chi connectivity index (χ0n) is 16.1. The van der Waals surface area contributed by atoms with Crippen LogP contribution in [-0.4, -0.2) is 17.9 Å². The third kappa shape index (κ3) is 5.93. The van der Waals surface area contributed by atoms with E-state index in [-0.39, 0.29) is 17.9 Å². The van der Waals surface area contributed by atoms with Crippen molar-refractivity contribution in [2.45, 2.75) is 25.4 Å². The van der Waals surface area contributed by atoms with Gasteiger partial charge in [0.1, 0.15) is 6.04 Å². The molecule has 0 spiro atoms. The lowest BCUT2D eigenvalue weighted by molar-refractivity contribution is -0.123. The van der Waals surface area contributed by atoms with Gasteiger partial charge in [0, 0.05) is 17.0 Å². The minimum atomic E-state index is -0.702. The van der Waals surface area contributed by atoms with Gasteiger partial charge in [-0.3, -0.25) is 9.59 Å². The van der Waals surface area contributed by atoms with Crippen LogP contribution in [0, 0.1) is 0 Å². The Morgan fingerprint density at radius 1 is 0.862 bits per heavy atom. The lowest BCUT2D eigenvalue weighted by atomic mass is 10.0. The van der Waals surface area contributed by atoms with Crippen molar-refractivity contribution in [3.63, 3.8) is 0 Å². The minimum absolute atomic E-state index is 0.242. The maximum atomic E-state index is 13.0. The monoisotopic (exact) mass is 406 g/mol. The van der Waals surface area contributed by atoms with Gasteiger partial charge in [-0.25, -0.2) is 0 Å². The first-order valence-corrected chi connectivity index (χ1v) is 9.86. The van der Waals surface area contributed by atoms with Crippen molar-refractivity contribution < 1.29 is 9.59 Å². The van der Waals surface area contributed by atoms with Gasteiger partial charge in [0.05, 0.1) is 6.04 Å². The highest BCUT2D eigenvalue weighted by Gasteiger charge is 2.23. The molecule has 0 radical (unpaired) electrons. The smallest absolute Gasteiger partial charge is 0.251 e. The van der Waals surface area contributed by atoms with Crippen LogP contribution in [0.2, 0.25) is 5.02 Å². The van der Waals surface area contributed by atoms with Gasteiger partial charge in [-0.1, -0.05) is 72.3 Å². The summed E-state index contributed by atoms with van der Waals surface area (Å²) in [7, 11) is 0. The number of halogens is 1. The van der Waals surface area contributed by atoms with E-state index >= 15 is 0 Å². The van der Waals surface area contributed by atoms with Crippen molar-refractivity contribution in [2.24, 2.45) is 0 Å². The largest absolute Gasteiger partial charge is 0.348 e. The number of amides is 2. The van der Waals surface area contributed by atoms with E-state index in [0.29, 0.717) is 17.0 Å². The summed E-state index contributed by atoms with van der Waals surface area (Å²) in [6.45, 7) is 1.89. The molecule has 2 unspecified atom stereocenters. The normalized spacial score (nSPS) is 12.6. The molecular formula is C24H23ClN2O2. The molecule has 0 saturated carbocycles. The molecule has 0 heterocycles. The van der Waals surface area contributed by atoms with Gasteiger partial charge in [-0.15, -0.1) is 0 Å². The first-order chi connectivity index (χ1) is 14.0. The average Bonchev–Trinajstić information content (AvgIpc) is 2.74. The third-order valence-electron chi connectivity index (χ3n) is 4.65. The molecule has 4 nitrogen and oxygen atoms in total. The maximum Gasteiger partial charge on any atom is 0.251 e. The van der Waals surface area contributed by atoms with Crippen LogP contribution in [0.4, 0.5) is 0 Å². The van der Waals surface area contributed by atoms with Crippen LogP contribution in [0.1, 0.15) is 34.5 Å². The van der Waals surface area contributed by atoms with Gasteiger partial charge < -0.3 is 10.6 Å². The molecule has 29 heavy (non-hydrogen) atoms. The summed E-state index contributed by atoms with van der Waals surface area (Å²) >= 11 is 6.06. The number of hydrogen-bond donors (Lipinski definition) is 2. The molecule has 3 rings (SSSR count). The van der Waals surface area contributed by atoms with E-state index in [9.17, 15) is 9.59 Å². The Balaban J connectivity index is 1.76. The van der Waals surface area contributed by atoms with E-state index < -0.39 is 6.04 Å². The summed E-state index contributed by atoms with van der Waals surface area (Å²) in [5.74, 6) is -0.525. The van der Waals surface area contributed by atoms with Crippen molar-refractivity contribution in [2.75, 3.05) is 0 Å². The topological polar surface area (TPSA) is 58.2 Å². The molecule has 0 fully saturated rings. The molecule has 0 saturated heterocycles. The third-order valence-corrected chi connectivity index (χ3v) is 4.88. The fourth-order valence-electron chi connectivity index (χ4n) is 3.06. The number of carbonyl (C=O) groups excluding carboxylic acids is 2. The van der Waals surface area contributed by atoms with Crippen LogP contribution in [-0.2, 0) is 11.2 Å². The Hall–Kier alpha value is -3.11. The zero-order chi connectivity index (χ0) is 20.6. The highest BCUT2D eigenvalue weighted by Crippen LogP contribution is 2.17. The van der Waals surface area contributed by atoms with Crippen LogP contribution in [0.25, 0.3) is 0 Å². The van der Waals surface area contributed by atoms with Crippen LogP contribution in [0.15, 0.2) is 84.9 Å². The Morgan fingerprint density at radius 2 is 1.52 bits per heavy atom. The molecule has 5 heteroatoms. The first kappa shape index (κ1) is 20.6. The molecule has 2 atom stereocenters. The molecule has 0 bridgehead atoms. The summed E-state index contributed by atoms with van der Waals surface area (Å²) in [6, 6.07) is 24.9. The van der Waals surface area contributed by atoms with Crippen LogP contribution >= 0.6 is 11.6 Å². The quantitative estimate of drug-likeness (QED) is 0.604. The fraction of sp³-hybridized carbons (Fsp3) is 0.167. The lowest BCUT2D eigenvalue weighted by Gasteiger charge is -2.22. The molecule has 0 aliphatic rings. The van der Waals surface area contributed by atoms with Crippen molar-refractivity contribution in [1.29, 1.82) is 0 Å². The van der Waals surface area contributed by atoms with Gasteiger partial charge in [-0.05, 0) is 42.3 Å². The molecule has 2 N–H and O–H groups in total. The Labute approximate surface area is 175 Å². The van der Waals surface area contributed by atoms with E-state index in [1.54, 1.807) is 30.3 Å². The minimum Gasteiger partial charge on any atom is -0.348 e. The number of nitrogens with one attached hydrogen (secondary N) is 2. The number of benzene rings is 3. The van der Waals surface area contributed by atoms with E-state index in [1.165, 1.54) is 0 Å². The van der Waals surface area contributed by atoms with Crippen LogP contribution < -0.4 is 10.6 Å². The standard InChI is InChI=1S/C24H23ClN2O2/c1-17(20-13-8-14-21(25)16-20)26-24(29)22(15-18-9-4-2-5-10-18)27-23(28)19-11-6-3-7-12-19/h2-14,16-17,22H,15H2,1H3,(H,26,29)(H,27,28). The number of rotatable bonds is 7. The molecule has 2 amide bonds. The van der Waals surface area contributed by atoms with Gasteiger partial charge in [0.25, 0.3) is 5.91 Å². The van der Waals surface area contributed by atoms with E-state index in [4.69, 9.17) is 11.6 Å². The van der Waals surface area contributed by atoms with Crippen molar-refractivity contribution in [1.82, 2.24) is 10.6 Å².